The van der Waals surface area contributed by atoms with Crippen LogP contribution in [0.4, 0.5) is 51.2 Å². The van der Waals surface area contributed by atoms with E-state index in [1.807, 2.05) is 0 Å². The lowest BCUT2D eigenvalue weighted by Gasteiger charge is -2.54. The van der Waals surface area contributed by atoms with Gasteiger partial charge in [-0.3, -0.25) is 0 Å². The largest absolute Gasteiger partial charge is 0.355 e. The first-order chi connectivity index (χ1) is 32.5. The minimum Gasteiger partial charge on any atom is -0.355 e. The number of hydrogen-bond donors (Lipinski definition) is 2. The summed E-state index contributed by atoms with van der Waals surface area (Å²) < 4.78 is 0. The Hall–Kier alpha value is -6.59. The number of para-hydroxylation sites is 2. The maximum atomic E-state index is 4.00. The number of allylic oxidation sites excluding steroid dienone is 2. The Kier molecular flexibility index (Phi) is 10.0. The fourth-order valence-electron chi connectivity index (χ4n) is 12.1. The summed E-state index contributed by atoms with van der Waals surface area (Å²) in [4.78, 5) is 5.57. The van der Waals surface area contributed by atoms with Crippen molar-refractivity contribution in [2.75, 3.05) is 20.4 Å². The van der Waals surface area contributed by atoms with Crippen molar-refractivity contribution in [1.29, 1.82) is 0 Å². The van der Waals surface area contributed by atoms with Gasteiger partial charge in [-0.2, -0.15) is 0 Å². The minimum absolute atomic E-state index is 0.128. The molecule has 67 heavy (non-hydrogen) atoms. The van der Waals surface area contributed by atoms with Crippen LogP contribution < -0.4 is 53.2 Å². The summed E-state index contributed by atoms with van der Waals surface area (Å²) in [7, 11) is 1.69. The van der Waals surface area contributed by atoms with Gasteiger partial charge in [0.05, 0.1) is 6.04 Å². The molecule has 4 heterocycles. The molecule has 1 aliphatic carbocycles. The average Bonchev–Trinajstić information content (AvgIpc) is 3.33. The van der Waals surface area contributed by atoms with Crippen LogP contribution in [0.2, 0.25) is 0 Å². The molecule has 0 saturated heterocycles. The van der Waals surface area contributed by atoms with Gasteiger partial charge in [-0.15, -0.1) is 0 Å². The SMILES string of the molecule is CC(C)C1=CC=C2B3c4ccc(C(C)C)cc4N4c5ccc(C(C)C)cc5Bc5c(-c6c(Nc7ccccc7)cccc6Nc6ccccc6)c6c(c3c54)N(c3ccc(C(C)C)cc3B6)C2C1. The molecule has 0 radical (unpaired) electrons. The van der Waals surface area contributed by atoms with Gasteiger partial charge in [0.25, 0.3) is 0 Å². The van der Waals surface area contributed by atoms with Crippen molar-refractivity contribution in [3.05, 3.63) is 173 Å². The van der Waals surface area contributed by atoms with Crippen molar-refractivity contribution < 1.29 is 0 Å². The van der Waals surface area contributed by atoms with E-state index in [0.29, 0.717) is 23.7 Å². The third-order valence-electron chi connectivity index (χ3n) is 15.6. The summed E-state index contributed by atoms with van der Waals surface area (Å²) in [6.07, 6.45) is 6.05. The van der Waals surface area contributed by atoms with Gasteiger partial charge in [0, 0.05) is 56.7 Å². The summed E-state index contributed by atoms with van der Waals surface area (Å²) in [5.41, 5.74) is 29.5. The number of rotatable bonds is 9. The first-order valence-electron chi connectivity index (χ1n) is 24.9. The summed E-state index contributed by atoms with van der Waals surface area (Å²) in [6, 6.07) is 50.8. The van der Waals surface area contributed by atoms with Gasteiger partial charge >= 0.3 is 0 Å². The summed E-state index contributed by atoms with van der Waals surface area (Å²) in [5, 5.41) is 8.00. The lowest BCUT2D eigenvalue weighted by Crippen LogP contribution is -2.67. The minimum atomic E-state index is 0.128. The summed E-state index contributed by atoms with van der Waals surface area (Å²) >= 11 is 0. The molecule has 0 saturated carbocycles. The Bertz CT molecular complexity index is 3140. The quantitative estimate of drug-likeness (QED) is 0.142. The second-order valence-electron chi connectivity index (χ2n) is 21.0. The molecule has 328 valence electrons. The fourth-order valence-corrected chi connectivity index (χ4v) is 12.1. The van der Waals surface area contributed by atoms with Crippen molar-refractivity contribution in [2.24, 2.45) is 5.92 Å². The van der Waals surface area contributed by atoms with Crippen LogP contribution in [0.5, 0.6) is 0 Å². The van der Waals surface area contributed by atoms with Gasteiger partial charge in [-0.25, -0.2) is 0 Å². The van der Waals surface area contributed by atoms with Gasteiger partial charge < -0.3 is 20.4 Å². The van der Waals surface area contributed by atoms with E-state index in [9.17, 15) is 0 Å². The zero-order valence-corrected chi connectivity index (χ0v) is 40.3. The Morgan fingerprint density at radius 2 is 1.07 bits per heavy atom. The molecule has 0 fully saturated rings. The topological polar surface area (TPSA) is 30.5 Å². The first-order valence-corrected chi connectivity index (χ1v) is 24.9. The molecule has 4 nitrogen and oxygen atoms in total. The van der Waals surface area contributed by atoms with E-state index in [4.69, 9.17) is 0 Å². The monoisotopic (exact) mass is 869 g/mol. The lowest BCUT2D eigenvalue weighted by atomic mass is 9.29. The predicted molar refractivity (Wildman–Crippen MR) is 294 cm³/mol. The van der Waals surface area contributed by atoms with Crippen molar-refractivity contribution in [3.8, 4) is 11.1 Å². The van der Waals surface area contributed by atoms with Crippen molar-refractivity contribution in [3.63, 3.8) is 0 Å². The van der Waals surface area contributed by atoms with E-state index in [0.717, 1.165) is 43.7 Å². The Morgan fingerprint density at radius 1 is 0.522 bits per heavy atom. The van der Waals surface area contributed by atoms with E-state index in [2.05, 4.69) is 221 Å². The number of hydrogen-bond acceptors (Lipinski definition) is 4. The number of fused-ring (bicyclic) bond motifs is 10. The zero-order valence-electron chi connectivity index (χ0n) is 40.3. The fraction of sp³-hybridized carbons (Fsp3) is 0.233. The van der Waals surface area contributed by atoms with Gasteiger partial charge in [0.2, 0.25) is 6.71 Å². The second-order valence-corrected chi connectivity index (χ2v) is 21.0. The van der Waals surface area contributed by atoms with Crippen LogP contribution in [0.25, 0.3) is 11.1 Å². The molecule has 0 aromatic heterocycles. The van der Waals surface area contributed by atoms with Gasteiger partial charge in [-0.05, 0) is 129 Å². The number of nitrogens with zero attached hydrogens (tertiary/aromatic N) is 2. The standard InChI is InChI=1S/C60H59B3N4/c1-34(2)38-24-28-50-44(30-38)61-56-55(54-48(64-42-16-11-9-12-17-42)20-15-21-49(54)65-43-18-13-10-14-19-43)57-60-58-59(56)66(50)52-32-40(36(5)6)22-26-46(52)63(58)47-27-23-41(37(7)8)33-53(47)67(60)51-29-25-39(35(3)4)31-45(51)62-57/h9-32,34-37,53,61-62,64-65H,33H2,1-8H3. The molecule has 0 amide bonds. The first kappa shape index (κ1) is 41.8. The molecule has 2 N–H and O–H groups in total. The third kappa shape index (κ3) is 6.67. The highest BCUT2D eigenvalue weighted by Crippen LogP contribution is 2.50. The predicted octanol–water partition coefficient (Wildman–Crippen LogP) is 11.0. The van der Waals surface area contributed by atoms with Crippen molar-refractivity contribution in [1.82, 2.24) is 0 Å². The maximum Gasteiger partial charge on any atom is 0.247 e. The Balaban J connectivity index is 1.25. The van der Waals surface area contributed by atoms with Crippen molar-refractivity contribution >= 4 is 105 Å². The molecule has 0 spiro atoms. The molecule has 7 heteroatoms. The van der Waals surface area contributed by atoms with Crippen LogP contribution >= 0.6 is 0 Å². The molecule has 7 aromatic carbocycles. The van der Waals surface area contributed by atoms with E-state index >= 15 is 0 Å². The highest BCUT2D eigenvalue weighted by molar-refractivity contribution is 6.97. The third-order valence-corrected chi connectivity index (χ3v) is 15.6. The molecule has 1 atom stereocenters. The molecular weight excluding hydrogens is 809 g/mol. The van der Waals surface area contributed by atoms with Crippen LogP contribution in [0.3, 0.4) is 0 Å². The summed E-state index contributed by atoms with van der Waals surface area (Å²) in [5.74, 6) is 1.70. The van der Waals surface area contributed by atoms with Crippen LogP contribution in [0, 0.1) is 5.92 Å². The number of benzene rings is 7. The van der Waals surface area contributed by atoms with Crippen LogP contribution in [-0.2, 0) is 0 Å². The highest BCUT2D eigenvalue weighted by atomic mass is 15.2. The van der Waals surface area contributed by atoms with E-state index in [1.165, 1.54) is 100 Å². The van der Waals surface area contributed by atoms with Crippen LogP contribution in [-0.4, -0.2) is 27.3 Å². The molecule has 1 unspecified atom stereocenters. The highest BCUT2D eigenvalue weighted by Gasteiger charge is 2.52. The smallest absolute Gasteiger partial charge is 0.247 e. The van der Waals surface area contributed by atoms with Gasteiger partial charge in [-0.1, -0.05) is 168 Å². The molecule has 7 aromatic rings. The van der Waals surface area contributed by atoms with Gasteiger partial charge in [0.15, 0.2) is 14.6 Å². The van der Waals surface area contributed by atoms with E-state index in [1.54, 1.807) is 0 Å². The Labute approximate surface area is 399 Å². The van der Waals surface area contributed by atoms with Gasteiger partial charge in [0.1, 0.15) is 0 Å². The second kappa shape index (κ2) is 16.0. The summed E-state index contributed by atoms with van der Waals surface area (Å²) in [6.45, 7) is 18.9. The Morgan fingerprint density at radius 3 is 1.67 bits per heavy atom. The van der Waals surface area contributed by atoms with Crippen LogP contribution in [0.1, 0.15) is 96.3 Å². The maximum absolute atomic E-state index is 4.00. The lowest BCUT2D eigenvalue weighted by molar-refractivity contribution is 0.648. The molecule has 4 aliphatic heterocycles. The molecule has 12 rings (SSSR count). The number of nitrogens with one attached hydrogen (secondary N) is 2. The molecule has 5 aliphatic rings. The molecule has 0 bridgehead atoms. The number of anilines is 9. The zero-order chi connectivity index (χ0) is 45.8. The van der Waals surface area contributed by atoms with E-state index in [-0.39, 0.29) is 12.8 Å². The molecular formula is C60H59B3N4. The average molecular weight is 869 g/mol. The van der Waals surface area contributed by atoms with E-state index < -0.39 is 0 Å². The normalized spacial score (nSPS) is 15.8. The van der Waals surface area contributed by atoms with Crippen molar-refractivity contribution in [2.45, 2.75) is 85.6 Å². The van der Waals surface area contributed by atoms with Crippen LogP contribution in [0.15, 0.2) is 157 Å².